The number of benzene rings is 2. The van der Waals surface area contributed by atoms with Crippen LogP contribution in [0.15, 0.2) is 36.5 Å². The van der Waals surface area contributed by atoms with Gasteiger partial charge in [-0.25, -0.2) is 4.39 Å². The van der Waals surface area contributed by atoms with Gasteiger partial charge in [0.25, 0.3) is 0 Å². The number of halogens is 1. The van der Waals surface area contributed by atoms with E-state index < -0.39 is 0 Å². The quantitative estimate of drug-likeness (QED) is 0.776. The highest BCUT2D eigenvalue weighted by Crippen LogP contribution is 2.30. The Kier molecular flexibility index (Phi) is 3.03. The lowest BCUT2D eigenvalue weighted by molar-refractivity contribution is 0.611. The van der Waals surface area contributed by atoms with Crippen LogP contribution >= 0.6 is 0 Å². The molecule has 0 atom stereocenters. The van der Waals surface area contributed by atoms with Crippen molar-refractivity contribution in [3.05, 3.63) is 53.5 Å². The van der Waals surface area contributed by atoms with E-state index in [0.29, 0.717) is 5.56 Å². The van der Waals surface area contributed by atoms with Crippen LogP contribution in [0.5, 0.6) is 0 Å². The zero-order valence-electron chi connectivity index (χ0n) is 11.5. The molecule has 0 aliphatic carbocycles. The molecule has 0 radical (unpaired) electrons. The molecule has 0 saturated heterocycles. The molecule has 3 nitrogen and oxygen atoms in total. The molecule has 102 valence electrons. The van der Waals surface area contributed by atoms with Crippen LogP contribution in [0, 0.1) is 12.7 Å². The van der Waals surface area contributed by atoms with Gasteiger partial charge in [0.05, 0.1) is 5.52 Å². The van der Waals surface area contributed by atoms with E-state index in [-0.39, 0.29) is 12.4 Å². The van der Waals surface area contributed by atoms with E-state index in [1.165, 1.54) is 0 Å². The van der Waals surface area contributed by atoms with Gasteiger partial charge in [0.2, 0.25) is 0 Å². The third-order valence-corrected chi connectivity index (χ3v) is 3.58. The number of nitrogens with zero attached hydrogens (tertiary/aromatic N) is 2. The van der Waals surface area contributed by atoms with Crippen molar-refractivity contribution in [1.29, 1.82) is 0 Å². The van der Waals surface area contributed by atoms with Crippen LogP contribution in [0.4, 0.5) is 4.39 Å². The number of aryl methyl sites for hydroxylation is 2. The first-order valence-electron chi connectivity index (χ1n) is 6.52. The lowest BCUT2D eigenvalue weighted by Crippen LogP contribution is -1.99. The second-order valence-electron chi connectivity index (χ2n) is 5.01. The van der Waals surface area contributed by atoms with E-state index in [9.17, 15) is 4.39 Å². The van der Waals surface area contributed by atoms with Crippen LogP contribution in [-0.2, 0) is 13.6 Å². The monoisotopic (exact) mass is 269 g/mol. The van der Waals surface area contributed by atoms with Gasteiger partial charge in [-0.2, -0.15) is 5.10 Å². The molecule has 2 N–H and O–H groups in total. The first-order valence-corrected chi connectivity index (χ1v) is 6.52. The number of rotatable bonds is 2. The van der Waals surface area contributed by atoms with Gasteiger partial charge in [0.1, 0.15) is 5.82 Å². The predicted molar refractivity (Wildman–Crippen MR) is 78.7 cm³/mol. The molecule has 4 heteroatoms. The number of fused-ring (bicyclic) bond motifs is 1. The van der Waals surface area contributed by atoms with Crippen molar-refractivity contribution in [3.63, 3.8) is 0 Å². The average Bonchev–Trinajstić information content (AvgIpc) is 2.81. The molecular weight excluding hydrogens is 253 g/mol. The van der Waals surface area contributed by atoms with Crippen molar-refractivity contribution in [3.8, 4) is 11.1 Å². The van der Waals surface area contributed by atoms with Gasteiger partial charge in [-0.15, -0.1) is 0 Å². The summed E-state index contributed by atoms with van der Waals surface area (Å²) < 4.78 is 15.7. The lowest BCUT2D eigenvalue weighted by Gasteiger charge is -2.07. The smallest absolute Gasteiger partial charge is 0.128 e. The first kappa shape index (κ1) is 12.8. The maximum absolute atomic E-state index is 13.9. The Balaban J connectivity index is 2.24. The molecule has 0 aliphatic rings. The van der Waals surface area contributed by atoms with Crippen LogP contribution in [0.1, 0.15) is 11.1 Å². The molecule has 3 rings (SSSR count). The zero-order valence-corrected chi connectivity index (χ0v) is 11.5. The lowest BCUT2D eigenvalue weighted by atomic mass is 9.98. The topological polar surface area (TPSA) is 43.8 Å². The molecule has 0 saturated carbocycles. The van der Waals surface area contributed by atoms with Crippen molar-refractivity contribution in [2.75, 3.05) is 0 Å². The predicted octanol–water partition coefficient (Wildman–Crippen LogP) is 3.15. The molecule has 0 unspecified atom stereocenters. The summed E-state index contributed by atoms with van der Waals surface area (Å²) in [5, 5.41) is 5.49. The summed E-state index contributed by atoms with van der Waals surface area (Å²) >= 11 is 0. The number of hydrogen-bond acceptors (Lipinski definition) is 2. The molecule has 0 bridgehead atoms. The van der Waals surface area contributed by atoms with Crippen LogP contribution in [0.3, 0.4) is 0 Å². The van der Waals surface area contributed by atoms with Crippen molar-refractivity contribution in [1.82, 2.24) is 9.78 Å². The fourth-order valence-corrected chi connectivity index (χ4v) is 2.49. The van der Waals surface area contributed by atoms with Gasteiger partial charge >= 0.3 is 0 Å². The van der Waals surface area contributed by atoms with E-state index in [0.717, 1.165) is 27.6 Å². The van der Waals surface area contributed by atoms with Crippen LogP contribution in [0.25, 0.3) is 22.0 Å². The minimum absolute atomic E-state index is 0.211. The fraction of sp³-hybridized carbons (Fsp3) is 0.188. The Hall–Kier alpha value is -2.20. The molecular formula is C16H16FN3. The number of nitrogens with two attached hydrogens (primary N) is 1. The average molecular weight is 269 g/mol. The first-order chi connectivity index (χ1) is 9.60. The standard InChI is InChI=1S/C16H16FN3/c1-10-3-6-13(14-9-20(2)19-16(10)14)11-4-5-12(8-18)15(17)7-11/h3-7,9H,8,18H2,1-2H3. The van der Waals surface area contributed by atoms with Crippen molar-refractivity contribution in [2.45, 2.75) is 13.5 Å². The molecule has 0 spiro atoms. The molecule has 1 heterocycles. The second kappa shape index (κ2) is 4.72. The molecule has 0 aliphatic heterocycles. The Morgan fingerprint density at radius 1 is 1.25 bits per heavy atom. The second-order valence-corrected chi connectivity index (χ2v) is 5.01. The van der Waals surface area contributed by atoms with Crippen LogP contribution in [0.2, 0.25) is 0 Å². The molecule has 0 fully saturated rings. The number of hydrogen-bond donors (Lipinski definition) is 1. The Labute approximate surface area is 116 Å². The third kappa shape index (κ3) is 1.98. The largest absolute Gasteiger partial charge is 0.326 e. The van der Waals surface area contributed by atoms with Crippen LogP contribution < -0.4 is 5.73 Å². The maximum atomic E-state index is 13.9. The summed E-state index contributed by atoms with van der Waals surface area (Å²) in [6.07, 6.45) is 1.96. The van der Waals surface area contributed by atoms with Gasteiger partial charge in [0.15, 0.2) is 0 Å². The minimum atomic E-state index is -0.261. The SMILES string of the molecule is Cc1ccc(-c2ccc(CN)c(F)c2)c2cn(C)nc12. The van der Waals surface area contributed by atoms with E-state index in [1.54, 1.807) is 16.8 Å². The van der Waals surface area contributed by atoms with Gasteiger partial charge in [-0.3, -0.25) is 4.68 Å². The molecule has 3 aromatic rings. The van der Waals surface area contributed by atoms with Crippen molar-refractivity contribution in [2.24, 2.45) is 12.8 Å². The maximum Gasteiger partial charge on any atom is 0.128 e. The fourth-order valence-electron chi connectivity index (χ4n) is 2.49. The van der Waals surface area contributed by atoms with E-state index >= 15 is 0 Å². The molecule has 0 amide bonds. The van der Waals surface area contributed by atoms with Crippen molar-refractivity contribution < 1.29 is 4.39 Å². The Morgan fingerprint density at radius 2 is 2.05 bits per heavy atom. The molecule has 1 aromatic heterocycles. The van der Waals surface area contributed by atoms with Gasteiger partial charge < -0.3 is 5.73 Å². The van der Waals surface area contributed by atoms with E-state index in [2.05, 4.69) is 5.10 Å². The van der Waals surface area contributed by atoms with Gasteiger partial charge in [-0.05, 0) is 29.7 Å². The highest BCUT2D eigenvalue weighted by molar-refractivity contribution is 5.96. The summed E-state index contributed by atoms with van der Waals surface area (Å²) in [7, 11) is 1.89. The van der Waals surface area contributed by atoms with Crippen molar-refractivity contribution >= 4 is 10.9 Å². The molecule has 20 heavy (non-hydrogen) atoms. The third-order valence-electron chi connectivity index (χ3n) is 3.58. The Bertz CT molecular complexity index is 790. The summed E-state index contributed by atoms with van der Waals surface area (Å²) in [5.74, 6) is -0.261. The Morgan fingerprint density at radius 3 is 2.75 bits per heavy atom. The van der Waals surface area contributed by atoms with Gasteiger partial charge in [-0.1, -0.05) is 24.3 Å². The number of aromatic nitrogens is 2. The molecule has 2 aromatic carbocycles. The van der Waals surface area contributed by atoms with E-state index in [4.69, 9.17) is 5.73 Å². The highest BCUT2D eigenvalue weighted by Gasteiger charge is 2.11. The zero-order chi connectivity index (χ0) is 14.3. The van der Waals surface area contributed by atoms with Crippen LogP contribution in [-0.4, -0.2) is 9.78 Å². The van der Waals surface area contributed by atoms with Gasteiger partial charge in [0, 0.05) is 30.7 Å². The summed E-state index contributed by atoms with van der Waals surface area (Å²) in [5.41, 5.74) is 9.93. The highest BCUT2D eigenvalue weighted by atomic mass is 19.1. The summed E-state index contributed by atoms with van der Waals surface area (Å²) in [6, 6.07) is 9.21. The summed E-state index contributed by atoms with van der Waals surface area (Å²) in [4.78, 5) is 0. The summed E-state index contributed by atoms with van der Waals surface area (Å²) in [6.45, 7) is 2.24. The minimum Gasteiger partial charge on any atom is -0.326 e. The normalized spacial score (nSPS) is 11.2. The van der Waals surface area contributed by atoms with E-state index in [1.807, 2.05) is 38.4 Å².